The van der Waals surface area contributed by atoms with Crippen LogP contribution in [0.3, 0.4) is 0 Å². The fourth-order valence-corrected chi connectivity index (χ4v) is 5.40. The zero-order valence-electron chi connectivity index (χ0n) is 14.1. The number of aromatic nitrogens is 1. The minimum absolute atomic E-state index is 0.177. The summed E-state index contributed by atoms with van der Waals surface area (Å²) in [6.45, 7) is 3.50. The molecule has 1 aromatic heterocycles. The van der Waals surface area contributed by atoms with Crippen molar-refractivity contribution in [2.45, 2.75) is 51.1 Å². The molecule has 2 aliphatic heterocycles. The van der Waals surface area contributed by atoms with Crippen molar-refractivity contribution < 1.29 is 13.2 Å². The van der Waals surface area contributed by atoms with Gasteiger partial charge in [0.05, 0.1) is 5.75 Å². The Labute approximate surface area is 143 Å². The Bertz CT molecular complexity index is 682. The predicted octanol–water partition coefficient (Wildman–Crippen LogP) is 1.78. The number of nitrogens with zero attached hydrogens (tertiary/aromatic N) is 3. The lowest BCUT2D eigenvalue weighted by molar-refractivity contribution is -0.133. The van der Waals surface area contributed by atoms with Crippen LogP contribution in [0.4, 0.5) is 0 Å². The van der Waals surface area contributed by atoms with Crippen molar-refractivity contribution in [2.75, 3.05) is 18.8 Å². The summed E-state index contributed by atoms with van der Waals surface area (Å²) in [5.74, 6) is 0.385. The third-order valence-electron chi connectivity index (χ3n) is 5.28. The number of carbonyl (C=O) groups is 1. The van der Waals surface area contributed by atoms with Gasteiger partial charge in [-0.2, -0.15) is 0 Å². The first-order chi connectivity index (χ1) is 11.5. The van der Waals surface area contributed by atoms with Crippen LogP contribution in [0.25, 0.3) is 0 Å². The molecule has 1 aromatic rings. The van der Waals surface area contributed by atoms with Gasteiger partial charge >= 0.3 is 0 Å². The standard InChI is InChI=1S/C17H25N3O3S/c1-2-13-24(22,23)19-11-7-17(8-12-19)6-3-16(21)20(17)14-15-4-9-18-10-5-15/h4-5,9-10H,2-3,6-8,11-14H2,1H3. The van der Waals surface area contributed by atoms with Gasteiger partial charge in [-0.3, -0.25) is 9.78 Å². The van der Waals surface area contributed by atoms with E-state index in [1.165, 1.54) is 0 Å². The second-order valence-electron chi connectivity index (χ2n) is 6.77. The lowest BCUT2D eigenvalue weighted by Crippen LogP contribution is -2.54. The minimum atomic E-state index is -3.15. The zero-order chi connectivity index (χ0) is 17.2. The Morgan fingerprint density at radius 1 is 1.17 bits per heavy atom. The molecular formula is C17H25N3O3S. The summed E-state index contributed by atoms with van der Waals surface area (Å²) in [7, 11) is -3.15. The van der Waals surface area contributed by atoms with Crippen LogP contribution in [-0.4, -0.2) is 52.9 Å². The molecule has 3 rings (SSSR count). The fraction of sp³-hybridized carbons (Fsp3) is 0.647. The molecule has 0 bridgehead atoms. The third kappa shape index (κ3) is 3.32. The summed E-state index contributed by atoms with van der Waals surface area (Å²) in [5.41, 5.74) is 0.888. The highest BCUT2D eigenvalue weighted by Gasteiger charge is 2.47. The summed E-state index contributed by atoms with van der Waals surface area (Å²) >= 11 is 0. The number of amides is 1. The highest BCUT2D eigenvalue weighted by Crippen LogP contribution is 2.40. The Balaban J connectivity index is 1.72. The van der Waals surface area contributed by atoms with Gasteiger partial charge in [-0.25, -0.2) is 12.7 Å². The van der Waals surface area contributed by atoms with Crippen molar-refractivity contribution in [3.05, 3.63) is 30.1 Å². The van der Waals surface area contributed by atoms with Gasteiger partial charge < -0.3 is 4.90 Å². The van der Waals surface area contributed by atoms with Gasteiger partial charge in [-0.1, -0.05) is 6.92 Å². The van der Waals surface area contributed by atoms with Crippen molar-refractivity contribution in [1.82, 2.24) is 14.2 Å². The highest BCUT2D eigenvalue weighted by molar-refractivity contribution is 7.89. The topological polar surface area (TPSA) is 70.6 Å². The summed E-state index contributed by atoms with van der Waals surface area (Å²) in [4.78, 5) is 18.4. The molecule has 0 N–H and O–H groups in total. The van der Waals surface area contributed by atoms with E-state index in [9.17, 15) is 13.2 Å². The highest BCUT2D eigenvalue weighted by atomic mass is 32.2. The molecule has 0 unspecified atom stereocenters. The van der Waals surface area contributed by atoms with Crippen molar-refractivity contribution in [3.8, 4) is 0 Å². The second kappa shape index (κ2) is 6.80. The van der Waals surface area contributed by atoms with Crippen LogP contribution in [0.1, 0.15) is 44.6 Å². The first kappa shape index (κ1) is 17.4. The number of sulfonamides is 1. The fourth-order valence-electron chi connectivity index (χ4n) is 3.89. The Kier molecular flexibility index (Phi) is 4.92. The summed E-state index contributed by atoms with van der Waals surface area (Å²) in [5, 5.41) is 0. The Morgan fingerprint density at radius 3 is 2.46 bits per heavy atom. The Morgan fingerprint density at radius 2 is 1.83 bits per heavy atom. The number of likely N-dealkylation sites (tertiary alicyclic amines) is 1. The van der Waals surface area contributed by atoms with Crippen LogP contribution in [0, 0.1) is 0 Å². The molecule has 132 valence electrons. The van der Waals surface area contributed by atoms with Crippen LogP contribution in [0.15, 0.2) is 24.5 Å². The van der Waals surface area contributed by atoms with E-state index in [0.29, 0.717) is 32.5 Å². The molecule has 0 saturated carbocycles. The van der Waals surface area contributed by atoms with E-state index >= 15 is 0 Å². The average molecular weight is 351 g/mol. The smallest absolute Gasteiger partial charge is 0.223 e. The molecule has 0 aromatic carbocycles. The number of hydrogen-bond donors (Lipinski definition) is 0. The van der Waals surface area contributed by atoms with Gasteiger partial charge in [0.1, 0.15) is 0 Å². The summed E-state index contributed by atoms with van der Waals surface area (Å²) < 4.78 is 26.1. The average Bonchev–Trinajstić information content (AvgIpc) is 2.86. The molecule has 2 aliphatic rings. The molecule has 2 fully saturated rings. The van der Waals surface area contributed by atoms with Gasteiger partial charge in [0, 0.05) is 44.0 Å². The number of carbonyl (C=O) groups excluding carboxylic acids is 1. The minimum Gasteiger partial charge on any atom is -0.333 e. The first-order valence-electron chi connectivity index (χ1n) is 8.64. The van der Waals surface area contributed by atoms with Crippen molar-refractivity contribution in [3.63, 3.8) is 0 Å². The van der Waals surface area contributed by atoms with Crippen molar-refractivity contribution >= 4 is 15.9 Å². The molecule has 3 heterocycles. The van der Waals surface area contributed by atoms with E-state index < -0.39 is 10.0 Å². The molecule has 1 spiro atoms. The van der Waals surface area contributed by atoms with E-state index in [2.05, 4.69) is 4.98 Å². The molecule has 0 aliphatic carbocycles. The van der Waals surface area contributed by atoms with Crippen LogP contribution in [0.5, 0.6) is 0 Å². The number of piperidine rings is 1. The van der Waals surface area contributed by atoms with Gasteiger partial charge in [0.15, 0.2) is 0 Å². The van der Waals surface area contributed by atoms with E-state index in [4.69, 9.17) is 0 Å². The second-order valence-corrected chi connectivity index (χ2v) is 8.86. The SMILES string of the molecule is CCCS(=O)(=O)N1CCC2(CCC(=O)N2Cc2ccncc2)CC1. The molecule has 0 radical (unpaired) electrons. The van der Waals surface area contributed by atoms with Crippen LogP contribution in [-0.2, 0) is 21.4 Å². The molecule has 24 heavy (non-hydrogen) atoms. The van der Waals surface area contributed by atoms with Gasteiger partial charge in [0.25, 0.3) is 0 Å². The van der Waals surface area contributed by atoms with Crippen LogP contribution in [0.2, 0.25) is 0 Å². The van der Waals surface area contributed by atoms with Crippen molar-refractivity contribution in [2.24, 2.45) is 0 Å². The molecule has 6 nitrogen and oxygen atoms in total. The van der Waals surface area contributed by atoms with E-state index in [0.717, 1.165) is 24.8 Å². The molecule has 1 amide bonds. The predicted molar refractivity (Wildman–Crippen MR) is 91.6 cm³/mol. The lowest BCUT2D eigenvalue weighted by atomic mass is 9.85. The number of hydrogen-bond acceptors (Lipinski definition) is 4. The lowest BCUT2D eigenvalue weighted by Gasteiger charge is -2.44. The maximum atomic E-state index is 12.4. The summed E-state index contributed by atoms with van der Waals surface area (Å²) in [6.07, 6.45) is 6.96. The normalized spacial score (nSPS) is 21.5. The largest absolute Gasteiger partial charge is 0.333 e. The summed E-state index contributed by atoms with van der Waals surface area (Å²) in [6, 6.07) is 3.86. The third-order valence-corrected chi connectivity index (χ3v) is 7.35. The van der Waals surface area contributed by atoms with Crippen molar-refractivity contribution in [1.29, 1.82) is 0 Å². The Hall–Kier alpha value is -1.47. The molecular weight excluding hydrogens is 326 g/mol. The van der Waals surface area contributed by atoms with E-state index in [-0.39, 0.29) is 17.2 Å². The molecule has 7 heteroatoms. The molecule has 2 saturated heterocycles. The van der Waals surface area contributed by atoms with Crippen LogP contribution < -0.4 is 0 Å². The number of rotatable bonds is 5. The van der Waals surface area contributed by atoms with Gasteiger partial charge in [-0.05, 0) is 43.4 Å². The first-order valence-corrected chi connectivity index (χ1v) is 10.2. The maximum absolute atomic E-state index is 12.4. The number of pyridine rings is 1. The van der Waals surface area contributed by atoms with Gasteiger partial charge in [0.2, 0.25) is 15.9 Å². The van der Waals surface area contributed by atoms with Crippen LogP contribution >= 0.6 is 0 Å². The zero-order valence-corrected chi connectivity index (χ0v) is 15.0. The monoisotopic (exact) mass is 351 g/mol. The maximum Gasteiger partial charge on any atom is 0.223 e. The van der Waals surface area contributed by atoms with E-state index in [1.807, 2.05) is 24.0 Å². The van der Waals surface area contributed by atoms with Gasteiger partial charge in [-0.15, -0.1) is 0 Å². The molecule has 0 atom stereocenters. The quantitative estimate of drug-likeness (QED) is 0.811. The van der Waals surface area contributed by atoms with E-state index in [1.54, 1.807) is 16.7 Å².